The summed E-state index contributed by atoms with van der Waals surface area (Å²) in [7, 11) is 0. The molecule has 0 radical (unpaired) electrons. The topological polar surface area (TPSA) is 87.1 Å². The molecule has 1 heterocycles. The van der Waals surface area contributed by atoms with E-state index in [2.05, 4.69) is 20.6 Å². The summed E-state index contributed by atoms with van der Waals surface area (Å²) in [6.45, 7) is 3.82. The van der Waals surface area contributed by atoms with E-state index in [-0.39, 0.29) is 6.54 Å². The molecule has 0 fully saturated rings. The van der Waals surface area contributed by atoms with Crippen molar-refractivity contribution in [3.8, 4) is 0 Å². The third-order valence-electron chi connectivity index (χ3n) is 3.65. The van der Waals surface area contributed by atoms with Crippen LogP contribution in [0.15, 0.2) is 42.5 Å². The summed E-state index contributed by atoms with van der Waals surface area (Å²) >= 11 is 0. The maximum absolute atomic E-state index is 10.8. The van der Waals surface area contributed by atoms with Crippen molar-refractivity contribution < 1.29 is 9.90 Å². The summed E-state index contributed by atoms with van der Waals surface area (Å²) in [5.74, 6) is -0.0205. The summed E-state index contributed by atoms with van der Waals surface area (Å²) in [6.07, 6.45) is 0. The van der Waals surface area contributed by atoms with Crippen molar-refractivity contribution in [3.05, 3.63) is 53.6 Å². The first-order valence-electron chi connectivity index (χ1n) is 7.59. The lowest BCUT2D eigenvalue weighted by Gasteiger charge is -2.12. The minimum atomic E-state index is -0.943. The summed E-state index contributed by atoms with van der Waals surface area (Å²) in [5.41, 5.74) is 3.88. The number of carboxylic acid groups (broad SMARTS) is 1. The van der Waals surface area contributed by atoms with Crippen LogP contribution in [0.4, 0.5) is 17.5 Å². The van der Waals surface area contributed by atoms with Crippen molar-refractivity contribution in [3.63, 3.8) is 0 Å². The lowest BCUT2D eigenvalue weighted by Crippen LogP contribution is -2.14. The molecule has 0 spiro atoms. The van der Waals surface area contributed by atoms with Crippen LogP contribution >= 0.6 is 0 Å². The Morgan fingerprint density at radius 1 is 1.12 bits per heavy atom. The van der Waals surface area contributed by atoms with E-state index in [1.165, 1.54) is 0 Å². The molecule has 6 heteroatoms. The zero-order valence-electron chi connectivity index (χ0n) is 13.5. The van der Waals surface area contributed by atoms with Gasteiger partial charge in [0.2, 0.25) is 5.95 Å². The number of nitrogens with zero attached hydrogens (tertiary/aromatic N) is 2. The number of anilines is 3. The fourth-order valence-electron chi connectivity index (χ4n) is 2.42. The van der Waals surface area contributed by atoms with Gasteiger partial charge >= 0.3 is 5.97 Å². The van der Waals surface area contributed by atoms with Gasteiger partial charge in [0.25, 0.3) is 0 Å². The minimum Gasteiger partial charge on any atom is -0.480 e. The van der Waals surface area contributed by atoms with Crippen molar-refractivity contribution in [2.75, 3.05) is 17.2 Å². The zero-order chi connectivity index (χ0) is 17.1. The standard InChI is InChI=1S/C18H18N4O2/c1-11-7-8-12(2)15(9-11)21-18-20-14-6-4-3-5-13(14)17(22-18)19-10-16(23)24/h3-9H,10H2,1-2H3,(H,23,24)(H2,19,20,21,22). The van der Waals surface area contributed by atoms with Crippen LogP contribution in [-0.2, 0) is 4.79 Å². The molecule has 6 nitrogen and oxygen atoms in total. The molecule has 24 heavy (non-hydrogen) atoms. The highest BCUT2D eigenvalue weighted by Crippen LogP contribution is 2.25. The number of aliphatic carboxylic acids is 1. The van der Waals surface area contributed by atoms with Gasteiger partial charge in [-0.15, -0.1) is 0 Å². The van der Waals surface area contributed by atoms with Crippen molar-refractivity contribution in [1.82, 2.24) is 9.97 Å². The Kier molecular flexibility index (Phi) is 4.29. The Bertz CT molecular complexity index is 909. The molecule has 0 saturated carbocycles. The number of hydrogen-bond donors (Lipinski definition) is 3. The van der Waals surface area contributed by atoms with Crippen molar-refractivity contribution >= 4 is 34.3 Å². The van der Waals surface area contributed by atoms with Gasteiger partial charge in [0.05, 0.1) is 5.52 Å². The molecule has 3 rings (SSSR count). The van der Waals surface area contributed by atoms with E-state index in [9.17, 15) is 4.79 Å². The molecule has 0 aliphatic heterocycles. The van der Waals surface area contributed by atoms with E-state index in [4.69, 9.17) is 5.11 Å². The number of hydrogen-bond acceptors (Lipinski definition) is 5. The third kappa shape index (κ3) is 3.43. The first kappa shape index (κ1) is 15.7. The molecule has 0 bridgehead atoms. The average molecular weight is 322 g/mol. The van der Waals surface area contributed by atoms with Gasteiger partial charge in [-0.05, 0) is 43.2 Å². The van der Waals surface area contributed by atoms with Crippen LogP contribution in [-0.4, -0.2) is 27.6 Å². The quantitative estimate of drug-likeness (QED) is 0.666. The van der Waals surface area contributed by atoms with Crippen LogP contribution < -0.4 is 10.6 Å². The van der Waals surface area contributed by atoms with Gasteiger partial charge in [-0.3, -0.25) is 4.79 Å². The van der Waals surface area contributed by atoms with E-state index >= 15 is 0 Å². The van der Waals surface area contributed by atoms with Gasteiger partial charge < -0.3 is 15.7 Å². The average Bonchev–Trinajstić information content (AvgIpc) is 2.56. The zero-order valence-corrected chi connectivity index (χ0v) is 13.5. The normalized spacial score (nSPS) is 10.6. The predicted octanol–water partition coefficient (Wildman–Crippen LogP) is 3.49. The number of rotatable bonds is 5. The minimum absolute atomic E-state index is 0.204. The maximum Gasteiger partial charge on any atom is 0.322 e. The number of aryl methyl sites for hydroxylation is 2. The molecule has 0 aliphatic rings. The Balaban J connectivity index is 2.01. The Morgan fingerprint density at radius 3 is 2.71 bits per heavy atom. The summed E-state index contributed by atoms with van der Waals surface area (Å²) < 4.78 is 0. The number of nitrogens with one attached hydrogen (secondary N) is 2. The first-order valence-corrected chi connectivity index (χ1v) is 7.59. The molecular formula is C18H18N4O2. The molecule has 0 saturated heterocycles. The van der Waals surface area contributed by atoms with Crippen LogP contribution in [0.5, 0.6) is 0 Å². The molecule has 2 aromatic carbocycles. The molecule has 0 amide bonds. The van der Waals surface area contributed by atoms with Gasteiger partial charge in [0.15, 0.2) is 0 Å². The molecule has 0 unspecified atom stereocenters. The Labute approximate surface area is 139 Å². The highest BCUT2D eigenvalue weighted by molar-refractivity contribution is 5.91. The fourth-order valence-corrected chi connectivity index (χ4v) is 2.42. The van der Waals surface area contributed by atoms with Crippen LogP contribution in [0.2, 0.25) is 0 Å². The van der Waals surface area contributed by atoms with Gasteiger partial charge in [0.1, 0.15) is 12.4 Å². The van der Waals surface area contributed by atoms with Gasteiger partial charge in [-0.2, -0.15) is 4.98 Å². The van der Waals surface area contributed by atoms with Crippen LogP contribution in [0, 0.1) is 13.8 Å². The molecule has 0 atom stereocenters. The number of benzene rings is 2. The number of fused-ring (bicyclic) bond motifs is 1. The predicted molar refractivity (Wildman–Crippen MR) is 94.9 cm³/mol. The van der Waals surface area contributed by atoms with E-state index in [1.807, 2.05) is 56.3 Å². The summed E-state index contributed by atoms with van der Waals surface area (Å²) in [4.78, 5) is 19.8. The fraction of sp³-hybridized carbons (Fsp3) is 0.167. The number of carboxylic acids is 1. The van der Waals surface area contributed by atoms with Crippen LogP contribution in [0.1, 0.15) is 11.1 Å². The Hall–Kier alpha value is -3.15. The van der Waals surface area contributed by atoms with Crippen molar-refractivity contribution in [2.45, 2.75) is 13.8 Å². The van der Waals surface area contributed by atoms with E-state index in [0.29, 0.717) is 11.8 Å². The van der Waals surface area contributed by atoms with Gasteiger partial charge in [-0.25, -0.2) is 4.98 Å². The molecule has 122 valence electrons. The van der Waals surface area contributed by atoms with Gasteiger partial charge in [-0.1, -0.05) is 24.3 Å². The smallest absolute Gasteiger partial charge is 0.322 e. The van der Waals surface area contributed by atoms with Crippen molar-refractivity contribution in [2.24, 2.45) is 0 Å². The second-order valence-electron chi connectivity index (χ2n) is 5.60. The Morgan fingerprint density at radius 2 is 1.92 bits per heavy atom. The highest BCUT2D eigenvalue weighted by Gasteiger charge is 2.09. The molecule has 3 aromatic rings. The SMILES string of the molecule is Cc1ccc(C)c(Nc2nc(NCC(=O)O)c3ccccc3n2)c1. The summed E-state index contributed by atoms with van der Waals surface area (Å²) in [5, 5.41) is 15.8. The lowest BCUT2D eigenvalue weighted by molar-refractivity contribution is -0.134. The van der Waals surface area contributed by atoms with E-state index < -0.39 is 5.97 Å². The van der Waals surface area contributed by atoms with E-state index in [1.54, 1.807) is 0 Å². The van der Waals surface area contributed by atoms with E-state index in [0.717, 1.165) is 27.7 Å². The number of carbonyl (C=O) groups is 1. The molecule has 3 N–H and O–H groups in total. The maximum atomic E-state index is 10.8. The molecule has 0 aliphatic carbocycles. The molecule has 1 aromatic heterocycles. The monoisotopic (exact) mass is 322 g/mol. The van der Waals surface area contributed by atoms with Crippen LogP contribution in [0.25, 0.3) is 10.9 Å². The summed E-state index contributed by atoms with van der Waals surface area (Å²) in [6, 6.07) is 13.6. The van der Waals surface area contributed by atoms with Crippen LogP contribution in [0.3, 0.4) is 0 Å². The van der Waals surface area contributed by atoms with Crippen molar-refractivity contribution in [1.29, 1.82) is 0 Å². The van der Waals surface area contributed by atoms with Gasteiger partial charge in [0, 0.05) is 11.1 Å². The second kappa shape index (κ2) is 6.54. The number of para-hydroxylation sites is 1. The highest BCUT2D eigenvalue weighted by atomic mass is 16.4. The lowest BCUT2D eigenvalue weighted by atomic mass is 10.1. The first-order chi connectivity index (χ1) is 11.5. The second-order valence-corrected chi connectivity index (χ2v) is 5.60. The third-order valence-corrected chi connectivity index (χ3v) is 3.65. The largest absolute Gasteiger partial charge is 0.480 e. The molecular weight excluding hydrogens is 304 g/mol. The number of aromatic nitrogens is 2.